The van der Waals surface area contributed by atoms with Crippen molar-refractivity contribution in [2.45, 2.75) is 50.5 Å². The summed E-state index contributed by atoms with van der Waals surface area (Å²) < 4.78 is 7.97. The first-order chi connectivity index (χ1) is 9.08. The SMILES string of the molecule is Cc1cc(Br)c(C(Cl)CCC2CCCCO2)cc1Br. The van der Waals surface area contributed by atoms with E-state index >= 15 is 0 Å². The summed E-state index contributed by atoms with van der Waals surface area (Å²) in [6.07, 6.45) is 6.09. The zero-order chi connectivity index (χ0) is 13.8. The molecule has 1 aromatic rings. The number of hydrogen-bond acceptors (Lipinski definition) is 1. The Hall–Kier alpha value is 0.430. The number of ether oxygens (including phenoxy) is 1. The largest absolute Gasteiger partial charge is 0.378 e. The van der Waals surface area contributed by atoms with Crippen LogP contribution < -0.4 is 0 Å². The molecule has 0 radical (unpaired) electrons. The van der Waals surface area contributed by atoms with Crippen LogP contribution in [0.1, 0.15) is 48.6 Å². The highest BCUT2D eigenvalue weighted by Crippen LogP contribution is 2.36. The molecular formula is C15H19Br2ClO. The molecule has 1 fully saturated rings. The number of alkyl halides is 1. The van der Waals surface area contributed by atoms with Crippen molar-refractivity contribution in [2.24, 2.45) is 0 Å². The highest BCUT2D eigenvalue weighted by atomic mass is 79.9. The number of halogens is 3. The van der Waals surface area contributed by atoms with E-state index in [0.29, 0.717) is 6.10 Å². The van der Waals surface area contributed by atoms with Gasteiger partial charge in [0.15, 0.2) is 0 Å². The fourth-order valence-corrected chi connectivity index (χ4v) is 3.96. The summed E-state index contributed by atoms with van der Waals surface area (Å²) in [6, 6.07) is 4.24. The van der Waals surface area contributed by atoms with Crippen molar-refractivity contribution in [1.29, 1.82) is 0 Å². The number of rotatable bonds is 4. The van der Waals surface area contributed by atoms with Crippen LogP contribution in [0.4, 0.5) is 0 Å². The van der Waals surface area contributed by atoms with Crippen LogP contribution >= 0.6 is 43.5 Å². The van der Waals surface area contributed by atoms with Crippen LogP contribution in [0, 0.1) is 6.92 Å². The van der Waals surface area contributed by atoms with Crippen LogP contribution in [-0.4, -0.2) is 12.7 Å². The Morgan fingerprint density at radius 1 is 1.32 bits per heavy atom. The average Bonchev–Trinajstić information content (AvgIpc) is 2.41. The minimum atomic E-state index is 0.0387. The lowest BCUT2D eigenvalue weighted by molar-refractivity contribution is 0.01000. The molecule has 0 N–H and O–H groups in total. The van der Waals surface area contributed by atoms with Gasteiger partial charge in [0.2, 0.25) is 0 Å². The van der Waals surface area contributed by atoms with E-state index in [1.54, 1.807) is 0 Å². The van der Waals surface area contributed by atoms with Gasteiger partial charge in [-0.15, -0.1) is 11.6 Å². The molecule has 1 aliphatic rings. The van der Waals surface area contributed by atoms with Gasteiger partial charge < -0.3 is 4.74 Å². The molecule has 19 heavy (non-hydrogen) atoms. The molecule has 0 aromatic heterocycles. The maximum Gasteiger partial charge on any atom is 0.0597 e. The number of benzene rings is 1. The Morgan fingerprint density at radius 2 is 2.11 bits per heavy atom. The second kappa shape index (κ2) is 7.44. The lowest BCUT2D eigenvalue weighted by atomic mass is 10.0. The molecule has 1 saturated heterocycles. The summed E-state index contributed by atoms with van der Waals surface area (Å²) in [5, 5.41) is 0.0387. The predicted molar refractivity (Wildman–Crippen MR) is 88.0 cm³/mol. The van der Waals surface area contributed by atoms with Crippen molar-refractivity contribution in [3.05, 3.63) is 32.2 Å². The monoisotopic (exact) mass is 408 g/mol. The summed E-state index contributed by atoms with van der Waals surface area (Å²) in [5.41, 5.74) is 2.38. The molecule has 4 heteroatoms. The molecule has 0 bridgehead atoms. The zero-order valence-electron chi connectivity index (χ0n) is 11.1. The Morgan fingerprint density at radius 3 is 2.79 bits per heavy atom. The fraction of sp³-hybridized carbons (Fsp3) is 0.600. The maximum absolute atomic E-state index is 6.55. The van der Waals surface area contributed by atoms with Gasteiger partial charge in [-0.05, 0) is 62.3 Å². The molecule has 0 amide bonds. The van der Waals surface area contributed by atoms with Gasteiger partial charge in [0.1, 0.15) is 0 Å². The van der Waals surface area contributed by atoms with Crippen molar-refractivity contribution in [3.63, 3.8) is 0 Å². The summed E-state index contributed by atoms with van der Waals surface area (Å²) >= 11 is 13.7. The average molecular weight is 411 g/mol. The molecule has 1 nitrogen and oxygen atoms in total. The standard InChI is InChI=1S/C15H19Br2ClO/c1-10-8-14(17)12(9-13(10)16)15(18)6-5-11-4-2-3-7-19-11/h8-9,11,15H,2-7H2,1H3. The number of aryl methyl sites for hydroxylation is 1. The van der Waals surface area contributed by atoms with Gasteiger partial charge >= 0.3 is 0 Å². The third kappa shape index (κ3) is 4.45. The van der Waals surface area contributed by atoms with Crippen LogP contribution in [0.25, 0.3) is 0 Å². The highest BCUT2D eigenvalue weighted by Gasteiger charge is 2.18. The van der Waals surface area contributed by atoms with Crippen LogP contribution in [0.2, 0.25) is 0 Å². The van der Waals surface area contributed by atoms with E-state index in [1.807, 2.05) is 0 Å². The molecule has 106 valence electrons. The van der Waals surface area contributed by atoms with Gasteiger partial charge in [-0.1, -0.05) is 31.9 Å². The number of hydrogen-bond donors (Lipinski definition) is 0. The van der Waals surface area contributed by atoms with Crippen molar-refractivity contribution < 1.29 is 4.74 Å². The van der Waals surface area contributed by atoms with Crippen molar-refractivity contribution in [1.82, 2.24) is 0 Å². The van der Waals surface area contributed by atoms with Crippen molar-refractivity contribution in [3.8, 4) is 0 Å². The predicted octanol–water partition coefficient (Wildman–Crippen LogP) is 6.15. The molecule has 1 heterocycles. The fourth-order valence-electron chi connectivity index (χ4n) is 2.42. The second-order valence-electron chi connectivity index (χ2n) is 5.16. The summed E-state index contributed by atoms with van der Waals surface area (Å²) in [4.78, 5) is 0. The van der Waals surface area contributed by atoms with Crippen LogP contribution in [0.15, 0.2) is 21.1 Å². The van der Waals surface area contributed by atoms with E-state index in [-0.39, 0.29) is 5.38 Å². The van der Waals surface area contributed by atoms with E-state index in [2.05, 4.69) is 50.9 Å². The van der Waals surface area contributed by atoms with Crippen LogP contribution in [-0.2, 0) is 4.74 Å². The van der Waals surface area contributed by atoms with Gasteiger partial charge in [-0.25, -0.2) is 0 Å². The lowest BCUT2D eigenvalue weighted by Gasteiger charge is -2.23. The van der Waals surface area contributed by atoms with Gasteiger partial charge in [0.25, 0.3) is 0 Å². The third-order valence-electron chi connectivity index (χ3n) is 3.63. The molecule has 2 rings (SSSR count). The Labute approximate surface area is 137 Å². The van der Waals surface area contributed by atoms with Gasteiger partial charge in [-0.2, -0.15) is 0 Å². The topological polar surface area (TPSA) is 9.23 Å². The smallest absolute Gasteiger partial charge is 0.0597 e. The second-order valence-corrected chi connectivity index (χ2v) is 7.39. The van der Waals surface area contributed by atoms with Crippen molar-refractivity contribution >= 4 is 43.5 Å². The Bertz CT molecular complexity index is 430. The van der Waals surface area contributed by atoms with E-state index < -0.39 is 0 Å². The van der Waals surface area contributed by atoms with Gasteiger partial charge in [0, 0.05) is 15.6 Å². The molecule has 2 unspecified atom stereocenters. The summed E-state index contributed by atoms with van der Waals surface area (Å²) in [5.74, 6) is 0. The van der Waals surface area contributed by atoms with Crippen LogP contribution in [0.3, 0.4) is 0 Å². The van der Waals surface area contributed by atoms with Gasteiger partial charge in [-0.3, -0.25) is 0 Å². The molecule has 0 saturated carbocycles. The molecule has 1 aromatic carbocycles. The lowest BCUT2D eigenvalue weighted by Crippen LogP contribution is -2.19. The molecule has 0 spiro atoms. The minimum Gasteiger partial charge on any atom is -0.378 e. The third-order valence-corrected chi connectivity index (χ3v) is 5.63. The van der Waals surface area contributed by atoms with E-state index in [1.165, 1.54) is 24.8 Å². The van der Waals surface area contributed by atoms with E-state index in [4.69, 9.17) is 16.3 Å². The highest BCUT2D eigenvalue weighted by molar-refractivity contribution is 9.11. The van der Waals surface area contributed by atoms with Crippen LogP contribution in [0.5, 0.6) is 0 Å². The Balaban J connectivity index is 1.95. The molecular weight excluding hydrogens is 391 g/mol. The first kappa shape index (κ1) is 15.8. The molecule has 1 aliphatic heterocycles. The molecule has 0 aliphatic carbocycles. The summed E-state index contributed by atoms with van der Waals surface area (Å²) in [6.45, 7) is 3.00. The maximum atomic E-state index is 6.55. The van der Waals surface area contributed by atoms with Gasteiger partial charge in [0.05, 0.1) is 11.5 Å². The molecule has 2 atom stereocenters. The zero-order valence-corrected chi connectivity index (χ0v) is 15.0. The van der Waals surface area contributed by atoms with Crippen molar-refractivity contribution in [2.75, 3.05) is 6.61 Å². The normalized spacial score (nSPS) is 21.4. The van der Waals surface area contributed by atoms with E-state index in [9.17, 15) is 0 Å². The quantitative estimate of drug-likeness (QED) is 0.541. The Kier molecular flexibility index (Phi) is 6.19. The minimum absolute atomic E-state index is 0.0387. The first-order valence-electron chi connectivity index (χ1n) is 6.79. The van der Waals surface area contributed by atoms with E-state index in [0.717, 1.165) is 34.0 Å². The summed E-state index contributed by atoms with van der Waals surface area (Å²) in [7, 11) is 0. The first-order valence-corrected chi connectivity index (χ1v) is 8.81.